The minimum atomic E-state index is 0.442. The Balaban J connectivity index is 1.34. The van der Waals surface area contributed by atoms with Crippen LogP contribution in [-0.4, -0.2) is 60.2 Å². The molecule has 1 aromatic carbocycles. The zero-order chi connectivity index (χ0) is 17.9. The topological polar surface area (TPSA) is 41.7 Å². The van der Waals surface area contributed by atoms with Gasteiger partial charge in [0.25, 0.3) is 0 Å². The maximum atomic E-state index is 6.27. The molecule has 26 heavy (non-hydrogen) atoms. The normalized spacial score (nSPS) is 22.2. The van der Waals surface area contributed by atoms with Gasteiger partial charge in [0.05, 0.1) is 22.4 Å². The molecule has 2 fully saturated rings. The summed E-state index contributed by atoms with van der Waals surface area (Å²) >= 11 is 6.27. The molecule has 3 heterocycles. The molecule has 2 aromatic rings. The van der Waals surface area contributed by atoms with Gasteiger partial charge in [-0.3, -0.25) is 9.80 Å². The molecule has 0 saturated carbocycles. The Kier molecular flexibility index (Phi) is 5.60. The van der Waals surface area contributed by atoms with Crippen LogP contribution in [0.15, 0.2) is 28.7 Å². The van der Waals surface area contributed by atoms with Gasteiger partial charge in [-0.1, -0.05) is 23.7 Å². The number of piperazine rings is 1. The third kappa shape index (κ3) is 4.12. The van der Waals surface area contributed by atoms with Gasteiger partial charge < -0.3 is 9.15 Å². The van der Waals surface area contributed by atoms with Crippen molar-refractivity contribution in [3.8, 4) is 11.5 Å². The first-order chi connectivity index (χ1) is 12.7. The summed E-state index contributed by atoms with van der Waals surface area (Å²) < 4.78 is 11.6. The molecule has 0 amide bonds. The Hall–Kier alpha value is -1.40. The smallest absolute Gasteiger partial charge is 0.228 e. The van der Waals surface area contributed by atoms with Gasteiger partial charge in [-0.15, -0.1) is 0 Å². The molecule has 0 N–H and O–H groups in total. The molecule has 0 radical (unpaired) electrons. The van der Waals surface area contributed by atoms with Crippen molar-refractivity contribution in [1.82, 2.24) is 14.8 Å². The minimum absolute atomic E-state index is 0.442. The maximum Gasteiger partial charge on any atom is 0.228 e. The number of rotatable bonds is 5. The molecule has 140 valence electrons. The summed E-state index contributed by atoms with van der Waals surface area (Å²) in [5.74, 6) is 1.49. The number of aryl methyl sites for hydroxylation is 1. The molecule has 1 atom stereocenters. The van der Waals surface area contributed by atoms with Gasteiger partial charge in [-0.25, -0.2) is 4.98 Å². The van der Waals surface area contributed by atoms with E-state index in [9.17, 15) is 0 Å². The van der Waals surface area contributed by atoms with Gasteiger partial charge in [-0.05, 0) is 31.9 Å². The molecule has 0 bridgehead atoms. The molecule has 2 aliphatic heterocycles. The van der Waals surface area contributed by atoms with Crippen molar-refractivity contribution in [3.63, 3.8) is 0 Å². The van der Waals surface area contributed by atoms with Gasteiger partial charge in [0, 0.05) is 45.9 Å². The fourth-order valence-electron chi connectivity index (χ4n) is 3.74. The number of oxazole rings is 1. The van der Waals surface area contributed by atoms with Crippen LogP contribution in [0.4, 0.5) is 0 Å². The third-order valence-corrected chi connectivity index (χ3v) is 5.65. The largest absolute Gasteiger partial charge is 0.441 e. The van der Waals surface area contributed by atoms with Crippen molar-refractivity contribution in [2.75, 3.05) is 39.3 Å². The highest BCUT2D eigenvalue weighted by Crippen LogP contribution is 2.28. The standard InChI is InChI=1S/C20H26ClN3O2/c1-15-19(22-20(26-15)17-6-2-3-7-18(17)21)14-24-10-8-23(9-11-24)13-16-5-4-12-25-16/h2-3,6-7,16H,4-5,8-14H2,1H3/t16-/m1/s1. The van der Waals surface area contributed by atoms with Crippen molar-refractivity contribution >= 4 is 11.6 Å². The van der Waals surface area contributed by atoms with Crippen LogP contribution >= 0.6 is 11.6 Å². The van der Waals surface area contributed by atoms with E-state index in [-0.39, 0.29) is 0 Å². The lowest BCUT2D eigenvalue weighted by Gasteiger charge is -2.35. The van der Waals surface area contributed by atoms with E-state index < -0.39 is 0 Å². The highest BCUT2D eigenvalue weighted by Gasteiger charge is 2.24. The Morgan fingerprint density at radius 3 is 2.65 bits per heavy atom. The molecule has 2 saturated heterocycles. The molecule has 2 aliphatic rings. The highest BCUT2D eigenvalue weighted by molar-refractivity contribution is 6.33. The van der Waals surface area contributed by atoms with Crippen LogP contribution in [0.3, 0.4) is 0 Å². The number of nitrogens with zero attached hydrogens (tertiary/aromatic N) is 3. The summed E-state index contributed by atoms with van der Waals surface area (Å²) in [6, 6.07) is 7.68. The molecule has 4 rings (SSSR count). The van der Waals surface area contributed by atoms with E-state index in [2.05, 4.69) is 9.80 Å². The Morgan fingerprint density at radius 2 is 1.92 bits per heavy atom. The first kappa shape index (κ1) is 18.0. The van der Waals surface area contributed by atoms with Crippen LogP contribution in [0.25, 0.3) is 11.5 Å². The zero-order valence-electron chi connectivity index (χ0n) is 15.3. The second-order valence-corrected chi connectivity index (χ2v) is 7.62. The van der Waals surface area contributed by atoms with Gasteiger partial charge in [0.1, 0.15) is 5.76 Å². The number of halogens is 1. The van der Waals surface area contributed by atoms with E-state index in [1.807, 2.05) is 31.2 Å². The van der Waals surface area contributed by atoms with E-state index in [1.54, 1.807) is 0 Å². The van der Waals surface area contributed by atoms with E-state index in [1.165, 1.54) is 12.8 Å². The van der Waals surface area contributed by atoms with Crippen LogP contribution in [0.1, 0.15) is 24.3 Å². The summed E-state index contributed by atoms with van der Waals surface area (Å²) in [4.78, 5) is 9.69. The number of benzene rings is 1. The fraction of sp³-hybridized carbons (Fsp3) is 0.550. The van der Waals surface area contributed by atoms with Gasteiger partial charge in [-0.2, -0.15) is 0 Å². The van der Waals surface area contributed by atoms with Crippen LogP contribution in [-0.2, 0) is 11.3 Å². The van der Waals surface area contributed by atoms with Crippen LogP contribution in [0, 0.1) is 6.92 Å². The molecule has 1 aromatic heterocycles. The van der Waals surface area contributed by atoms with E-state index in [0.717, 1.165) is 62.9 Å². The fourth-order valence-corrected chi connectivity index (χ4v) is 3.96. The average molecular weight is 376 g/mol. The van der Waals surface area contributed by atoms with Crippen molar-refractivity contribution in [2.45, 2.75) is 32.4 Å². The summed E-state index contributed by atoms with van der Waals surface area (Å²) in [7, 11) is 0. The number of hydrogen-bond donors (Lipinski definition) is 0. The minimum Gasteiger partial charge on any atom is -0.441 e. The van der Waals surface area contributed by atoms with Crippen LogP contribution < -0.4 is 0 Å². The lowest BCUT2D eigenvalue weighted by molar-refractivity contribution is 0.0486. The quantitative estimate of drug-likeness (QED) is 0.798. The number of hydrogen-bond acceptors (Lipinski definition) is 5. The lowest BCUT2D eigenvalue weighted by atomic mass is 10.2. The zero-order valence-corrected chi connectivity index (χ0v) is 16.0. The molecular formula is C20H26ClN3O2. The average Bonchev–Trinajstić information content (AvgIpc) is 3.27. The van der Waals surface area contributed by atoms with E-state index >= 15 is 0 Å². The second-order valence-electron chi connectivity index (χ2n) is 7.21. The third-order valence-electron chi connectivity index (χ3n) is 5.32. The van der Waals surface area contributed by atoms with Crippen molar-refractivity contribution in [3.05, 3.63) is 40.7 Å². The van der Waals surface area contributed by atoms with Gasteiger partial charge in [0.2, 0.25) is 5.89 Å². The van der Waals surface area contributed by atoms with Crippen molar-refractivity contribution in [2.24, 2.45) is 0 Å². The summed E-state index contributed by atoms with van der Waals surface area (Å²) in [6.07, 6.45) is 2.87. The maximum absolute atomic E-state index is 6.27. The molecular weight excluding hydrogens is 350 g/mol. The van der Waals surface area contributed by atoms with Crippen molar-refractivity contribution in [1.29, 1.82) is 0 Å². The Morgan fingerprint density at radius 1 is 1.15 bits per heavy atom. The second kappa shape index (κ2) is 8.09. The molecule has 0 spiro atoms. The molecule has 5 nitrogen and oxygen atoms in total. The highest BCUT2D eigenvalue weighted by atomic mass is 35.5. The molecule has 0 aliphatic carbocycles. The predicted octanol–water partition coefficient (Wildman–Crippen LogP) is 3.60. The summed E-state index contributed by atoms with van der Waals surface area (Å²) in [5.41, 5.74) is 1.86. The van der Waals surface area contributed by atoms with Crippen molar-refractivity contribution < 1.29 is 9.15 Å². The van der Waals surface area contributed by atoms with Crippen LogP contribution in [0.2, 0.25) is 5.02 Å². The van der Waals surface area contributed by atoms with Gasteiger partial charge >= 0.3 is 0 Å². The molecule has 0 unspecified atom stereocenters. The predicted molar refractivity (Wildman–Crippen MR) is 102 cm³/mol. The van der Waals surface area contributed by atoms with E-state index in [0.29, 0.717) is 17.0 Å². The number of ether oxygens (including phenoxy) is 1. The SMILES string of the molecule is Cc1oc(-c2ccccc2Cl)nc1CN1CCN(C[C@H]2CCCO2)CC1. The summed E-state index contributed by atoms with van der Waals surface area (Å²) in [6.45, 7) is 9.12. The number of aromatic nitrogens is 1. The van der Waals surface area contributed by atoms with Crippen LogP contribution in [0.5, 0.6) is 0 Å². The van der Waals surface area contributed by atoms with Gasteiger partial charge in [0.15, 0.2) is 0 Å². The Labute approximate surface area is 159 Å². The molecule has 6 heteroatoms. The first-order valence-corrected chi connectivity index (χ1v) is 9.84. The Bertz CT molecular complexity index is 734. The lowest BCUT2D eigenvalue weighted by Crippen LogP contribution is -2.48. The van der Waals surface area contributed by atoms with E-state index in [4.69, 9.17) is 25.7 Å². The monoisotopic (exact) mass is 375 g/mol. The first-order valence-electron chi connectivity index (χ1n) is 9.46. The summed E-state index contributed by atoms with van der Waals surface area (Å²) in [5, 5.41) is 0.669.